The van der Waals surface area contributed by atoms with Crippen molar-refractivity contribution in [2.75, 3.05) is 32.9 Å². The molecule has 0 unspecified atom stereocenters. The van der Waals surface area contributed by atoms with E-state index in [0.717, 1.165) is 24.0 Å². The number of nitrogens with zero attached hydrogens (tertiary/aromatic N) is 2. The highest BCUT2D eigenvalue weighted by atomic mass is 16.5. The molecule has 6 nitrogen and oxygen atoms in total. The average Bonchev–Trinajstić information content (AvgIpc) is 2.85. The summed E-state index contributed by atoms with van der Waals surface area (Å²) in [7, 11) is 0. The van der Waals surface area contributed by atoms with Crippen LogP contribution in [0.2, 0.25) is 0 Å². The normalized spacial score (nSPS) is 28.5. The fraction of sp³-hybridized carbons (Fsp3) is 0.630. The second-order valence-corrected chi connectivity index (χ2v) is 9.98. The van der Waals surface area contributed by atoms with Gasteiger partial charge in [0.1, 0.15) is 0 Å². The number of ether oxygens (including phenoxy) is 1. The van der Waals surface area contributed by atoms with Gasteiger partial charge in [0.05, 0.1) is 25.2 Å². The molecule has 3 saturated heterocycles. The van der Waals surface area contributed by atoms with E-state index in [9.17, 15) is 14.7 Å². The zero-order valence-electron chi connectivity index (χ0n) is 19.2. The summed E-state index contributed by atoms with van der Waals surface area (Å²) >= 11 is 0. The van der Waals surface area contributed by atoms with E-state index >= 15 is 0 Å². The SMILES string of the molecule is O=C(C1CCOCC1)N1CC(=O)N2[C@@H](CO)[C@H](c3ccc(C#CC4CCCCC4)cc3)[C@@H]2C1. The molecule has 33 heavy (non-hydrogen) atoms. The Bertz CT molecular complexity index is 922. The predicted molar refractivity (Wildman–Crippen MR) is 124 cm³/mol. The maximum atomic E-state index is 13.1. The lowest BCUT2D eigenvalue weighted by Crippen LogP contribution is -2.73. The summed E-state index contributed by atoms with van der Waals surface area (Å²) in [5.41, 5.74) is 2.11. The number of aliphatic hydroxyl groups excluding tert-OH is 1. The van der Waals surface area contributed by atoms with E-state index in [2.05, 4.69) is 36.1 Å². The minimum Gasteiger partial charge on any atom is -0.394 e. The summed E-state index contributed by atoms with van der Waals surface area (Å²) in [6, 6.07) is 7.97. The van der Waals surface area contributed by atoms with Crippen LogP contribution in [0.4, 0.5) is 0 Å². The van der Waals surface area contributed by atoms with Crippen molar-refractivity contribution in [1.82, 2.24) is 9.80 Å². The number of fused-ring (bicyclic) bond motifs is 1. The molecule has 3 aliphatic heterocycles. The van der Waals surface area contributed by atoms with Crippen LogP contribution in [0.25, 0.3) is 0 Å². The zero-order chi connectivity index (χ0) is 22.8. The number of carbonyl (C=O) groups excluding carboxylic acids is 2. The summed E-state index contributed by atoms with van der Waals surface area (Å²) in [6.07, 6.45) is 7.77. The van der Waals surface area contributed by atoms with Crippen molar-refractivity contribution in [1.29, 1.82) is 0 Å². The zero-order valence-corrected chi connectivity index (χ0v) is 19.2. The first-order valence-corrected chi connectivity index (χ1v) is 12.6. The van der Waals surface area contributed by atoms with Crippen molar-refractivity contribution >= 4 is 11.8 Å². The van der Waals surface area contributed by atoms with E-state index in [0.29, 0.717) is 25.7 Å². The third-order valence-electron chi connectivity index (χ3n) is 7.96. The number of piperazine rings is 1. The van der Waals surface area contributed by atoms with Crippen LogP contribution in [0.3, 0.4) is 0 Å². The molecule has 1 N–H and O–H groups in total. The fourth-order valence-corrected chi connectivity index (χ4v) is 6.09. The molecule has 1 saturated carbocycles. The molecule has 0 radical (unpaired) electrons. The molecular formula is C27H34N2O4. The van der Waals surface area contributed by atoms with Crippen LogP contribution in [0.5, 0.6) is 0 Å². The molecule has 1 aromatic rings. The van der Waals surface area contributed by atoms with Crippen LogP contribution < -0.4 is 0 Å². The van der Waals surface area contributed by atoms with Crippen LogP contribution in [0.1, 0.15) is 62.0 Å². The van der Waals surface area contributed by atoms with Gasteiger partial charge in [0.2, 0.25) is 11.8 Å². The van der Waals surface area contributed by atoms with Crippen LogP contribution in [-0.4, -0.2) is 71.7 Å². The van der Waals surface area contributed by atoms with Crippen molar-refractivity contribution in [3.8, 4) is 11.8 Å². The molecule has 0 bridgehead atoms. The van der Waals surface area contributed by atoms with Crippen molar-refractivity contribution in [2.45, 2.75) is 62.9 Å². The van der Waals surface area contributed by atoms with Crippen LogP contribution >= 0.6 is 0 Å². The van der Waals surface area contributed by atoms with E-state index in [4.69, 9.17) is 4.74 Å². The summed E-state index contributed by atoms with van der Waals surface area (Å²) in [5, 5.41) is 10.0. The summed E-state index contributed by atoms with van der Waals surface area (Å²) < 4.78 is 5.39. The Hall–Kier alpha value is -2.36. The van der Waals surface area contributed by atoms with Gasteiger partial charge in [0.15, 0.2) is 0 Å². The number of aliphatic hydroxyl groups is 1. The number of hydrogen-bond acceptors (Lipinski definition) is 4. The molecular weight excluding hydrogens is 416 g/mol. The van der Waals surface area contributed by atoms with Crippen LogP contribution in [0, 0.1) is 23.7 Å². The van der Waals surface area contributed by atoms with Crippen LogP contribution in [-0.2, 0) is 14.3 Å². The van der Waals surface area contributed by atoms with Gasteiger partial charge in [-0.1, -0.05) is 43.2 Å². The average molecular weight is 451 g/mol. The minimum absolute atomic E-state index is 0.0320. The topological polar surface area (TPSA) is 70.1 Å². The largest absolute Gasteiger partial charge is 0.394 e. The van der Waals surface area contributed by atoms with Gasteiger partial charge in [-0.05, 0) is 43.4 Å². The first-order valence-electron chi connectivity index (χ1n) is 12.6. The Kier molecular flexibility index (Phi) is 6.71. The lowest BCUT2D eigenvalue weighted by molar-refractivity contribution is -0.169. The molecule has 0 spiro atoms. The maximum Gasteiger partial charge on any atom is 0.242 e. The molecule has 4 aliphatic rings. The van der Waals surface area contributed by atoms with Gasteiger partial charge in [0.25, 0.3) is 0 Å². The third kappa shape index (κ3) is 4.54. The van der Waals surface area contributed by atoms with E-state index < -0.39 is 0 Å². The van der Waals surface area contributed by atoms with E-state index in [1.54, 1.807) is 9.80 Å². The Morgan fingerprint density at radius 1 is 1.06 bits per heavy atom. The van der Waals surface area contributed by atoms with E-state index in [-0.39, 0.29) is 48.9 Å². The second-order valence-electron chi connectivity index (χ2n) is 9.98. The fourth-order valence-electron chi connectivity index (χ4n) is 6.09. The number of amides is 2. The van der Waals surface area contributed by atoms with Gasteiger partial charge in [0, 0.05) is 43.1 Å². The van der Waals surface area contributed by atoms with Gasteiger partial charge < -0.3 is 19.6 Å². The van der Waals surface area contributed by atoms with Gasteiger partial charge >= 0.3 is 0 Å². The van der Waals surface area contributed by atoms with Crippen LogP contribution in [0.15, 0.2) is 24.3 Å². The lowest BCUT2D eigenvalue weighted by atomic mass is 9.73. The second kappa shape index (κ2) is 9.87. The lowest BCUT2D eigenvalue weighted by Gasteiger charge is -2.59. The molecule has 3 heterocycles. The molecule has 1 aliphatic carbocycles. The molecule has 5 rings (SSSR count). The third-order valence-corrected chi connectivity index (χ3v) is 7.96. The van der Waals surface area contributed by atoms with Gasteiger partial charge in [-0.3, -0.25) is 9.59 Å². The first kappa shape index (κ1) is 22.4. The molecule has 2 amide bonds. The smallest absolute Gasteiger partial charge is 0.242 e. The molecule has 0 aromatic heterocycles. The highest BCUT2D eigenvalue weighted by molar-refractivity contribution is 5.88. The Balaban J connectivity index is 1.29. The maximum absolute atomic E-state index is 13.1. The molecule has 1 aromatic carbocycles. The number of carbonyl (C=O) groups is 2. The number of benzene rings is 1. The molecule has 176 valence electrons. The van der Waals surface area contributed by atoms with Crippen molar-refractivity contribution in [3.63, 3.8) is 0 Å². The van der Waals surface area contributed by atoms with Crippen molar-refractivity contribution in [2.24, 2.45) is 11.8 Å². The number of hydrogen-bond donors (Lipinski definition) is 1. The Morgan fingerprint density at radius 2 is 1.79 bits per heavy atom. The Morgan fingerprint density at radius 3 is 2.48 bits per heavy atom. The van der Waals surface area contributed by atoms with E-state index in [1.807, 2.05) is 0 Å². The number of rotatable bonds is 3. The summed E-state index contributed by atoms with van der Waals surface area (Å²) in [5.74, 6) is 7.29. The van der Waals surface area contributed by atoms with E-state index in [1.165, 1.54) is 32.1 Å². The van der Waals surface area contributed by atoms with Gasteiger partial charge in [-0.25, -0.2) is 0 Å². The Labute approximate surface area is 196 Å². The van der Waals surface area contributed by atoms with Gasteiger partial charge in [-0.15, -0.1) is 0 Å². The first-order chi connectivity index (χ1) is 16.2. The highest BCUT2D eigenvalue weighted by Gasteiger charge is 2.54. The monoisotopic (exact) mass is 450 g/mol. The van der Waals surface area contributed by atoms with Gasteiger partial charge in [-0.2, -0.15) is 0 Å². The van der Waals surface area contributed by atoms with Crippen molar-refractivity contribution < 1.29 is 19.4 Å². The molecule has 4 fully saturated rings. The molecule has 6 heteroatoms. The molecule has 3 atom stereocenters. The summed E-state index contributed by atoms with van der Waals surface area (Å²) in [6.45, 7) is 1.81. The predicted octanol–water partition coefficient (Wildman–Crippen LogP) is 2.54. The quantitative estimate of drug-likeness (QED) is 0.719. The standard InChI is InChI=1S/C27H34N2O4/c30-18-24-26(21-10-8-20(9-11-21)7-6-19-4-2-1-3-5-19)23-16-28(17-25(31)29(23)24)27(32)22-12-14-33-15-13-22/h8-11,19,22-24,26,30H,1-5,12-18H2/t23-,24-,26+/m0/s1. The highest BCUT2D eigenvalue weighted by Crippen LogP contribution is 2.43. The summed E-state index contributed by atoms with van der Waals surface area (Å²) in [4.78, 5) is 29.5. The minimum atomic E-state index is -0.220. The van der Waals surface area contributed by atoms with Crippen molar-refractivity contribution in [3.05, 3.63) is 35.4 Å².